The molecule has 1 aliphatic rings. The van der Waals surface area contributed by atoms with Gasteiger partial charge in [-0.25, -0.2) is 4.39 Å². The van der Waals surface area contributed by atoms with Crippen LogP contribution in [0.25, 0.3) is 11.5 Å². The second kappa shape index (κ2) is 6.76. The van der Waals surface area contributed by atoms with E-state index in [1.807, 2.05) is 43.3 Å². The zero-order chi connectivity index (χ0) is 17.2. The Morgan fingerprint density at radius 2 is 1.92 bits per heavy atom. The third kappa shape index (κ3) is 3.46. The highest BCUT2D eigenvalue weighted by atomic mass is 19.1. The fraction of sp³-hybridized carbons (Fsp3) is 0.300. The van der Waals surface area contributed by atoms with Crippen LogP contribution in [-0.4, -0.2) is 28.2 Å². The van der Waals surface area contributed by atoms with Crippen molar-refractivity contribution in [3.8, 4) is 11.5 Å². The van der Waals surface area contributed by atoms with Gasteiger partial charge < -0.3 is 4.42 Å². The van der Waals surface area contributed by atoms with E-state index in [4.69, 9.17) is 4.42 Å². The number of benzene rings is 2. The summed E-state index contributed by atoms with van der Waals surface area (Å²) < 4.78 is 19.7. The molecule has 1 unspecified atom stereocenters. The summed E-state index contributed by atoms with van der Waals surface area (Å²) in [4.78, 5) is 2.23. The summed E-state index contributed by atoms with van der Waals surface area (Å²) in [5.74, 6) is 1.29. The maximum absolute atomic E-state index is 13.8. The molecule has 2 heterocycles. The van der Waals surface area contributed by atoms with E-state index in [9.17, 15) is 4.39 Å². The first-order valence-electron chi connectivity index (χ1n) is 8.55. The molecule has 4 rings (SSSR count). The molecule has 1 aliphatic heterocycles. The molecule has 25 heavy (non-hydrogen) atoms. The summed E-state index contributed by atoms with van der Waals surface area (Å²) in [5.41, 5.74) is 2.86. The lowest BCUT2D eigenvalue weighted by Crippen LogP contribution is -2.20. The minimum Gasteiger partial charge on any atom is -0.420 e. The third-order valence-corrected chi connectivity index (χ3v) is 4.71. The first kappa shape index (κ1) is 16.0. The second-order valence-corrected chi connectivity index (χ2v) is 6.62. The highest BCUT2D eigenvalue weighted by Gasteiger charge is 2.28. The van der Waals surface area contributed by atoms with Crippen molar-refractivity contribution in [2.24, 2.45) is 0 Å². The van der Waals surface area contributed by atoms with Crippen LogP contribution in [0.1, 0.15) is 29.4 Å². The summed E-state index contributed by atoms with van der Waals surface area (Å²) in [6.07, 6.45) is 0.948. The van der Waals surface area contributed by atoms with Gasteiger partial charge >= 0.3 is 0 Å². The van der Waals surface area contributed by atoms with Crippen LogP contribution >= 0.6 is 0 Å². The smallest absolute Gasteiger partial charge is 0.247 e. The molecule has 0 amide bonds. The Bertz CT molecular complexity index is 859. The standard InChI is InChI=1S/C20H20FN3O/c1-14-6-8-15(9-7-14)19-22-23-20(25-19)17-10-11-24(13-17)12-16-4-2-3-5-18(16)21/h2-9,17H,10-13H2,1H3. The molecule has 2 aromatic carbocycles. The van der Waals surface area contributed by atoms with Gasteiger partial charge in [-0.05, 0) is 38.1 Å². The molecule has 0 N–H and O–H groups in total. The van der Waals surface area contributed by atoms with E-state index < -0.39 is 0 Å². The van der Waals surface area contributed by atoms with E-state index in [1.165, 1.54) is 11.6 Å². The first-order chi connectivity index (χ1) is 12.2. The van der Waals surface area contributed by atoms with Crippen LogP contribution in [0.2, 0.25) is 0 Å². The van der Waals surface area contributed by atoms with Crippen molar-refractivity contribution in [3.05, 3.63) is 71.4 Å². The van der Waals surface area contributed by atoms with Crippen molar-refractivity contribution in [3.63, 3.8) is 0 Å². The molecule has 3 aromatic rings. The molecular weight excluding hydrogens is 317 g/mol. The van der Waals surface area contributed by atoms with E-state index >= 15 is 0 Å². The van der Waals surface area contributed by atoms with Gasteiger partial charge in [-0.15, -0.1) is 10.2 Å². The topological polar surface area (TPSA) is 42.2 Å². The van der Waals surface area contributed by atoms with Gasteiger partial charge in [0.15, 0.2) is 0 Å². The molecule has 1 atom stereocenters. The molecule has 1 fully saturated rings. The van der Waals surface area contributed by atoms with Crippen LogP contribution in [0.3, 0.4) is 0 Å². The fourth-order valence-corrected chi connectivity index (χ4v) is 3.26. The SMILES string of the molecule is Cc1ccc(-c2nnc(C3CCN(Cc4ccccc4F)C3)o2)cc1. The lowest BCUT2D eigenvalue weighted by molar-refractivity contribution is 0.315. The summed E-state index contributed by atoms with van der Waals surface area (Å²) in [7, 11) is 0. The van der Waals surface area contributed by atoms with Crippen molar-refractivity contribution in [2.45, 2.75) is 25.8 Å². The molecule has 1 saturated heterocycles. The Labute approximate surface area is 146 Å². The first-order valence-corrected chi connectivity index (χ1v) is 8.55. The largest absolute Gasteiger partial charge is 0.420 e. The summed E-state index contributed by atoms with van der Waals surface area (Å²) in [6, 6.07) is 15.0. The van der Waals surface area contributed by atoms with Gasteiger partial charge in [-0.3, -0.25) is 4.90 Å². The number of aryl methyl sites for hydroxylation is 1. The molecule has 0 saturated carbocycles. The lowest BCUT2D eigenvalue weighted by Gasteiger charge is -2.15. The molecule has 128 valence electrons. The number of rotatable bonds is 4. The van der Waals surface area contributed by atoms with Crippen LogP contribution in [0.5, 0.6) is 0 Å². The molecule has 4 nitrogen and oxygen atoms in total. The molecule has 1 aromatic heterocycles. The number of hydrogen-bond acceptors (Lipinski definition) is 4. The number of halogens is 1. The van der Waals surface area contributed by atoms with E-state index in [-0.39, 0.29) is 11.7 Å². The number of hydrogen-bond donors (Lipinski definition) is 0. The second-order valence-electron chi connectivity index (χ2n) is 6.62. The maximum Gasteiger partial charge on any atom is 0.247 e. The van der Waals surface area contributed by atoms with Gasteiger partial charge in [0.05, 0.1) is 5.92 Å². The van der Waals surface area contributed by atoms with Gasteiger partial charge in [0.25, 0.3) is 0 Å². The lowest BCUT2D eigenvalue weighted by atomic mass is 10.1. The van der Waals surface area contributed by atoms with Gasteiger partial charge in [0.1, 0.15) is 5.82 Å². The predicted octanol–water partition coefficient (Wildman–Crippen LogP) is 4.17. The number of aromatic nitrogens is 2. The van der Waals surface area contributed by atoms with E-state index in [0.717, 1.165) is 30.6 Å². The van der Waals surface area contributed by atoms with Gasteiger partial charge in [0.2, 0.25) is 11.8 Å². The summed E-state index contributed by atoms with van der Waals surface area (Å²) in [5, 5.41) is 8.43. The minimum absolute atomic E-state index is 0.148. The van der Waals surface area contributed by atoms with Crippen molar-refractivity contribution in [1.29, 1.82) is 0 Å². The Kier molecular flexibility index (Phi) is 4.32. The van der Waals surface area contributed by atoms with Crippen LogP contribution in [0.15, 0.2) is 52.9 Å². The molecule has 5 heteroatoms. The predicted molar refractivity (Wildman–Crippen MR) is 93.5 cm³/mol. The van der Waals surface area contributed by atoms with Crippen LogP contribution < -0.4 is 0 Å². The number of nitrogens with zero attached hydrogens (tertiary/aromatic N) is 3. The molecule has 0 aliphatic carbocycles. The molecule has 0 spiro atoms. The number of likely N-dealkylation sites (tertiary alicyclic amines) is 1. The minimum atomic E-state index is -0.148. The van der Waals surface area contributed by atoms with E-state index in [1.54, 1.807) is 6.07 Å². The van der Waals surface area contributed by atoms with Crippen molar-refractivity contribution < 1.29 is 8.81 Å². The highest BCUT2D eigenvalue weighted by molar-refractivity contribution is 5.52. The maximum atomic E-state index is 13.8. The van der Waals surface area contributed by atoms with Crippen LogP contribution in [0, 0.1) is 12.7 Å². The van der Waals surface area contributed by atoms with Gasteiger partial charge in [-0.2, -0.15) is 0 Å². The Morgan fingerprint density at radius 3 is 2.72 bits per heavy atom. The highest BCUT2D eigenvalue weighted by Crippen LogP contribution is 2.29. The monoisotopic (exact) mass is 337 g/mol. The molecular formula is C20H20FN3O. The molecule has 0 radical (unpaired) electrons. The van der Waals surface area contributed by atoms with E-state index in [2.05, 4.69) is 15.1 Å². The van der Waals surface area contributed by atoms with Crippen molar-refractivity contribution in [2.75, 3.05) is 13.1 Å². The average Bonchev–Trinajstić information content (AvgIpc) is 3.27. The van der Waals surface area contributed by atoms with E-state index in [0.29, 0.717) is 18.3 Å². The summed E-state index contributed by atoms with van der Waals surface area (Å²) >= 11 is 0. The fourth-order valence-electron chi connectivity index (χ4n) is 3.26. The third-order valence-electron chi connectivity index (χ3n) is 4.71. The van der Waals surface area contributed by atoms with Crippen LogP contribution in [-0.2, 0) is 6.54 Å². The Hall–Kier alpha value is -2.53. The Morgan fingerprint density at radius 1 is 1.12 bits per heavy atom. The van der Waals surface area contributed by atoms with Gasteiger partial charge in [-0.1, -0.05) is 35.9 Å². The zero-order valence-electron chi connectivity index (χ0n) is 14.2. The average molecular weight is 337 g/mol. The van der Waals surface area contributed by atoms with Crippen LogP contribution in [0.4, 0.5) is 4.39 Å². The van der Waals surface area contributed by atoms with Crippen molar-refractivity contribution >= 4 is 0 Å². The molecule has 0 bridgehead atoms. The normalized spacial score (nSPS) is 17.9. The zero-order valence-corrected chi connectivity index (χ0v) is 14.2. The van der Waals surface area contributed by atoms with Gasteiger partial charge in [0, 0.05) is 24.2 Å². The van der Waals surface area contributed by atoms with Crippen molar-refractivity contribution in [1.82, 2.24) is 15.1 Å². The Balaban J connectivity index is 1.44. The summed E-state index contributed by atoms with van der Waals surface area (Å²) in [6.45, 7) is 4.37. The quantitative estimate of drug-likeness (QED) is 0.716.